The first-order valence-corrected chi connectivity index (χ1v) is 9.68. The quantitative estimate of drug-likeness (QED) is 0.443. The summed E-state index contributed by atoms with van der Waals surface area (Å²) in [6, 6.07) is 9.94. The van der Waals surface area contributed by atoms with Gasteiger partial charge in [0.25, 0.3) is 5.69 Å². The van der Waals surface area contributed by atoms with E-state index in [-0.39, 0.29) is 22.0 Å². The lowest BCUT2D eigenvalue weighted by molar-refractivity contribution is -0.384. The van der Waals surface area contributed by atoms with E-state index in [1.54, 1.807) is 12.1 Å². The van der Waals surface area contributed by atoms with Crippen molar-refractivity contribution in [2.75, 3.05) is 18.5 Å². The molecule has 0 bridgehead atoms. The van der Waals surface area contributed by atoms with Gasteiger partial charge in [-0.15, -0.1) is 0 Å². The molecule has 0 spiro atoms. The Labute approximate surface area is 156 Å². The Morgan fingerprint density at radius 2 is 1.81 bits per heavy atom. The van der Waals surface area contributed by atoms with Crippen LogP contribution < -0.4 is 5.43 Å². The molecule has 0 saturated carbocycles. The van der Waals surface area contributed by atoms with Crippen molar-refractivity contribution < 1.29 is 18.4 Å². The van der Waals surface area contributed by atoms with E-state index in [4.69, 9.17) is 0 Å². The molecule has 0 atom stereocenters. The summed E-state index contributed by atoms with van der Waals surface area (Å²) in [7, 11) is -3.74. The topological polar surface area (TPSA) is 125 Å². The maximum absolute atomic E-state index is 12.6. The molecule has 0 radical (unpaired) electrons. The van der Waals surface area contributed by atoms with Gasteiger partial charge in [0.2, 0.25) is 10.0 Å². The van der Waals surface area contributed by atoms with Crippen molar-refractivity contribution in [3.05, 3.63) is 58.1 Å². The Morgan fingerprint density at radius 1 is 1.15 bits per heavy atom. The molecule has 1 saturated heterocycles. The van der Waals surface area contributed by atoms with Crippen LogP contribution in [0.2, 0.25) is 0 Å². The van der Waals surface area contributed by atoms with Crippen LogP contribution in [0.25, 0.3) is 0 Å². The highest BCUT2D eigenvalue weighted by Crippen LogP contribution is 2.30. The van der Waals surface area contributed by atoms with E-state index in [2.05, 4.69) is 10.5 Å². The summed E-state index contributed by atoms with van der Waals surface area (Å²) in [4.78, 5) is 10.6. The fourth-order valence-electron chi connectivity index (χ4n) is 2.73. The number of sulfonamides is 1. The fraction of sp³-hybridized carbons (Fsp3) is 0.235. The third-order valence-corrected chi connectivity index (χ3v) is 6.06. The smallest absolute Gasteiger partial charge is 0.295 e. The zero-order chi connectivity index (χ0) is 19.4. The summed E-state index contributed by atoms with van der Waals surface area (Å²) in [5, 5.41) is 24.5. The number of nitrogens with zero attached hydrogens (tertiary/aromatic N) is 3. The lowest BCUT2D eigenvalue weighted by atomic mass is 10.2. The molecule has 0 aromatic heterocycles. The van der Waals surface area contributed by atoms with Crippen LogP contribution in [0.3, 0.4) is 0 Å². The third kappa shape index (κ3) is 4.23. The number of rotatable bonds is 6. The molecule has 10 heteroatoms. The van der Waals surface area contributed by atoms with Crippen molar-refractivity contribution in [2.45, 2.75) is 17.7 Å². The monoisotopic (exact) mass is 390 g/mol. The Hall–Kier alpha value is -2.98. The number of anilines is 1. The largest absolute Gasteiger partial charge is 0.508 e. The molecule has 2 N–H and O–H groups in total. The molecule has 1 heterocycles. The van der Waals surface area contributed by atoms with Crippen LogP contribution in [0.1, 0.15) is 18.4 Å². The van der Waals surface area contributed by atoms with E-state index in [9.17, 15) is 23.6 Å². The minimum atomic E-state index is -3.74. The van der Waals surface area contributed by atoms with Gasteiger partial charge < -0.3 is 5.11 Å². The molecule has 1 aliphatic rings. The Kier molecular flexibility index (Phi) is 5.38. The standard InChI is InChI=1S/C17H18N4O5S/c22-14-5-3-13(4-6-14)12-18-19-16-8-7-15(11-17(16)21(23)24)27(25,26)20-9-1-2-10-20/h3-8,11-12,19,22H,1-2,9-10H2. The van der Waals surface area contributed by atoms with E-state index in [0.717, 1.165) is 18.9 Å². The highest BCUT2D eigenvalue weighted by atomic mass is 32.2. The minimum Gasteiger partial charge on any atom is -0.508 e. The van der Waals surface area contributed by atoms with Crippen LogP contribution in [0.15, 0.2) is 52.5 Å². The molecule has 0 amide bonds. The molecule has 27 heavy (non-hydrogen) atoms. The van der Waals surface area contributed by atoms with Crippen LogP contribution in [-0.4, -0.2) is 42.1 Å². The minimum absolute atomic E-state index is 0.0791. The van der Waals surface area contributed by atoms with Gasteiger partial charge in [0.1, 0.15) is 11.4 Å². The van der Waals surface area contributed by atoms with Crippen LogP contribution in [-0.2, 0) is 10.0 Å². The van der Waals surface area contributed by atoms with Crippen LogP contribution in [0, 0.1) is 10.1 Å². The van der Waals surface area contributed by atoms with E-state index >= 15 is 0 Å². The molecule has 9 nitrogen and oxygen atoms in total. The van der Waals surface area contributed by atoms with Gasteiger partial charge in [0.05, 0.1) is 16.0 Å². The summed E-state index contributed by atoms with van der Waals surface area (Å²) < 4.78 is 26.5. The number of benzene rings is 2. The number of nitrogens with one attached hydrogen (secondary N) is 1. The molecule has 3 rings (SSSR count). The van der Waals surface area contributed by atoms with Gasteiger partial charge in [-0.1, -0.05) is 0 Å². The van der Waals surface area contributed by atoms with Crippen LogP contribution >= 0.6 is 0 Å². The SMILES string of the molecule is O=[N+]([O-])c1cc(S(=O)(=O)N2CCCC2)ccc1NN=Cc1ccc(O)cc1. The number of nitro groups is 1. The van der Waals surface area contributed by atoms with Crippen LogP contribution in [0.5, 0.6) is 5.75 Å². The molecule has 2 aromatic carbocycles. The van der Waals surface area contributed by atoms with Gasteiger partial charge in [-0.25, -0.2) is 8.42 Å². The highest BCUT2D eigenvalue weighted by molar-refractivity contribution is 7.89. The van der Waals surface area contributed by atoms with Crippen molar-refractivity contribution in [1.82, 2.24) is 4.31 Å². The number of phenolic OH excluding ortho intramolecular Hbond substituents is 1. The van der Waals surface area contributed by atoms with Gasteiger partial charge in [-0.2, -0.15) is 9.41 Å². The first-order chi connectivity index (χ1) is 12.9. The van der Waals surface area contributed by atoms with Crippen molar-refractivity contribution in [3.8, 4) is 5.75 Å². The normalized spacial score (nSPS) is 15.3. The average molecular weight is 390 g/mol. The maximum Gasteiger partial charge on any atom is 0.295 e. The predicted octanol–water partition coefficient (Wildman–Crippen LogP) is 2.53. The van der Waals surface area contributed by atoms with Gasteiger partial charge in [0, 0.05) is 19.2 Å². The molecule has 142 valence electrons. The second-order valence-electron chi connectivity index (χ2n) is 6.01. The Bertz CT molecular complexity index is 967. The number of hydrazone groups is 1. The number of aromatic hydroxyl groups is 1. The van der Waals surface area contributed by atoms with Gasteiger partial charge in [-0.05, 0) is 54.8 Å². The summed E-state index contributed by atoms with van der Waals surface area (Å²) in [6.07, 6.45) is 3.00. The number of hydrogen-bond donors (Lipinski definition) is 2. The second kappa shape index (κ2) is 7.72. The van der Waals surface area contributed by atoms with Gasteiger partial charge >= 0.3 is 0 Å². The molecule has 2 aromatic rings. The maximum atomic E-state index is 12.6. The molecule has 0 aliphatic carbocycles. The second-order valence-corrected chi connectivity index (χ2v) is 7.95. The summed E-state index contributed by atoms with van der Waals surface area (Å²) in [5.41, 5.74) is 2.94. The molecule has 1 aliphatic heterocycles. The van der Waals surface area contributed by atoms with Crippen molar-refractivity contribution in [2.24, 2.45) is 5.10 Å². The van der Waals surface area contributed by atoms with E-state index in [1.165, 1.54) is 34.8 Å². The first kappa shape index (κ1) is 18.8. The fourth-order valence-corrected chi connectivity index (χ4v) is 4.27. The Balaban J connectivity index is 1.83. The highest BCUT2D eigenvalue weighted by Gasteiger charge is 2.29. The Morgan fingerprint density at radius 3 is 2.44 bits per heavy atom. The molecule has 1 fully saturated rings. The van der Waals surface area contributed by atoms with Crippen molar-refractivity contribution >= 4 is 27.6 Å². The zero-order valence-electron chi connectivity index (χ0n) is 14.3. The zero-order valence-corrected chi connectivity index (χ0v) is 15.1. The number of phenols is 1. The lowest BCUT2D eigenvalue weighted by Gasteiger charge is -2.15. The first-order valence-electron chi connectivity index (χ1n) is 8.24. The van der Waals surface area contributed by atoms with Crippen molar-refractivity contribution in [1.29, 1.82) is 0 Å². The summed E-state index contributed by atoms with van der Waals surface area (Å²) in [6.45, 7) is 0.847. The molecule has 0 unspecified atom stereocenters. The number of hydrogen-bond acceptors (Lipinski definition) is 7. The summed E-state index contributed by atoms with van der Waals surface area (Å²) >= 11 is 0. The van der Waals surface area contributed by atoms with E-state index in [1.807, 2.05) is 0 Å². The molecular formula is C17H18N4O5S. The van der Waals surface area contributed by atoms with Crippen LogP contribution in [0.4, 0.5) is 11.4 Å². The number of nitro benzene ring substituents is 1. The third-order valence-electron chi connectivity index (χ3n) is 4.16. The van der Waals surface area contributed by atoms with Gasteiger partial charge in [0.15, 0.2) is 0 Å². The predicted molar refractivity (Wildman–Crippen MR) is 100 cm³/mol. The van der Waals surface area contributed by atoms with E-state index in [0.29, 0.717) is 18.7 Å². The van der Waals surface area contributed by atoms with Crippen molar-refractivity contribution in [3.63, 3.8) is 0 Å². The summed E-state index contributed by atoms with van der Waals surface area (Å²) in [5.74, 6) is 0.116. The average Bonchev–Trinajstić information content (AvgIpc) is 3.19. The lowest BCUT2D eigenvalue weighted by Crippen LogP contribution is -2.27. The van der Waals surface area contributed by atoms with E-state index < -0.39 is 14.9 Å². The van der Waals surface area contributed by atoms with Gasteiger partial charge in [-0.3, -0.25) is 15.5 Å². The molecular weight excluding hydrogens is 372 g/mol.